The molecule has 3 rings (SSSR count). The predicted octanol–water partition coefficient (Wildman–Crippen LogP) is 2.12. The molecule has 23 heavy (non-hydrogen) atoms. The zero-order chi connectivity index (χ0) is 16.7. The highest BCUT2D eigenvalue weighted by atomic mass is 16.5. The van der Waals surface area contributed by atoms with Gasteiger partial charge >= 0.3 is 0 Å². The summed E-state index contributed by atoms with van der Waals surface area (Å²) in [5, 5.41) is 29.5. The molecule has 0 unspecified atom stereocenters. The molecular weight excluding hydrogens is 300 g/mol. The van der Waals surface area contributed by atoms with Gasteiger partial charge in [0, 0.05) is 34.9 Å². The molecule has 0 aliphatic heterocycles. The molecule has 0 fully saturated rings. The minimum atomic E-state index is -0.550. The van der Waals surface area contributed by atoms with Crippen molar-refractivity contribution in [3.8, 4) is 17.2 Å². The molecule has 0 spiro atoms. The molecule has 2 aromatic rings. The van der Waals surface area contributed by atoms with Crippen LogP contribution >= 0.6 is 0 Å². The summed E-state index contributed by atoms with van der Waals surface area (Å²) in [4.78, 5) is 25.4. The Morgan fingerprint density at radius 2 is 1.61 bits per heavy atom. The second kappa shape index (κ2) is 5.40. The van der Waals surface area contributed by atoms with E-state index in [0.717, 1.165) is 12.1 Å². The molecule has 0 saturated carbocycles. The van der Waals surface area contributed by atoms with Crippen LogP contribution in [0, 0.1) is 0 Å². The number of ether oxygens (including phenoxy) is 1. The van der Waals surface area contributed by atoms with Gasteiger partial charge in [-0.25, -0.2) is 0 Å². The molecule has 0 heterocycles. The summed E-state index contributed by atoms with van der Waals surface area (Å²) >= 11 is 0. The molecule has 0 radical (unpaired) electrons. The Bertz CT molecular complexity index is 837. The lowest BCUT2D eigenvalue weighted by Gasteiger charge is -2.21. The third kappa shape index (κ3) is 2.24. The van der Waals surface area contributed by atoms with Crippen molar-refractivity contribution >= 4 is 11.6 Å². The number of ketones is 2. The molecule has 0 bridgehead atoms. The van der Waals surface area contributed by atoms with Crippen molar-refractivity contribution in [2.45, 2.75) is 13.5 Å². The molecule has 0 amide bonds. The predicted molar refractivity (Wildman–Crippen MR) is 80.1 cm³/mol. The summed E-state index contributed by atoms with van der Waals surface area (Å²) in [6.07, 6.45) is 0. The summed E-state index contributed by atoms with van der Waals surface area (Å²) in [6, 6.07) is 4.81. The van der Waals surface area contributed by atoms with Crippen molar-refractivity contribution in [2.24, 2.45) is 0 Å². The highest BCUT2D eigenvalue weighted by Crippen LogP contribution is 2.38. The van der Waals surface area contributed by atoms with Crippen molar-refractivity contribution in [1.29, 1.82) is 0 Å². The molecule has 3 N–H and O–H groups in total. The summed E-state index contributed by atoms with van der Waals surface area (Å²) in [5.41, 5.74) is 0.116. The van der Waals surface area contributed by atoms with E-state index >= 15 is 0 Å². The SMILES string of the molecule is CCOCc1c(O)ccc2c1C(=O)c1cc(O)cc(O)c1C2=O. The molecule has 1 aliphatic carbocycles. The second-order valence-corrected chi connectivity index (χ2v) is 5.17. The maximum absolute atomic E-state index is 12.8. The maximum Gasteiger partial charge on any atom is 0.198 e. The fourth-order valence-corrected chi connectivity index (χ4v) is 2.73. The Labute approximate surface area is 131 Å². The number of carbonyl (C=O) groups is 2. The van der Waals surface area contributed by atoms with E-state index in [1.807, 2.05) is 0 Å². The van der Waals surface area contributed by atoms with Gasteiger partial charge in [0.25, 0.3) is 0 Å². The van der Waals surface area contributed by atoms with Gasteiger partial charge in [-0.2, -0.15) is 0 Å². The molecule has 6 nitrogen and oxygen atoms in total. The van der Waals surface area contributed by atoms with E-state index in [0.29, 0.717) is 6.61 Å². The lowest BCUT2D eigenvalue weighted by molar-refractivity contribution is 0.0967. The van der Waals surface area contributed by atoms with Crippen molar-refractivity contribution < 1.29 is 29.6 Å². The van der Waals surface area contributed by atoms with Crippen molar-refractivity contribution in [1.82, 2.24) is 0 Å². The summed E-state index contributed by atoms with van der Waals surface area (Å²) in [7, 11) is 0. The first-order valence-electron chi connectivity index (χ1n) is 7.03. The summed E-state index contributed by atoms with van der Waals surface area (Å²) in [5.74, 6) is -2.01. The van der Waals surface area contributed by atoms with E-state index in [-0.39, 0.29) is 45.9 Å². The van der Waals surface area contributed by atoms with Gasteiger partial charge in [-0.1, -0.05) is 0 Å². The molecule has 118 valence electrons. The van der Waals surface area contributed by atoms with Gasteiger partial charge in [-0.15, -0.1) is 0 Å². The standard InChI is InChI=1S/C17H14O6/c1-2-23-7-11-12(19)4-3-9-14(11)17(22)10-5-8(18)6-13(20)15(10)16(9)21/h3-6,18-20H,2,7H2,1H3. The number of aromatic hydroxyl groups is 3. The van der Waals surface area contributed by atoms with Crippen LogP contribution in [0.25, 0.3) is 0 Å². The van der Waals surface area contributed by atoms with E-state index in [1.165, 1.54) is 12.1 Å². The van der Waals surface area contributed by atoms with Crippen LogP contribution < -0.4 is 0 Å². The van der Waals surface area contributed by atoms with Crippen LogP contribution in [0.3, 0.4) is 0 Å². The van der Waals surface area contributed by atoms with Gasteiger partial charge in [0.1, 0.15) is 17.2 Å². The maximum atomic E-state index is 12.8. The minimum Gasteiger partial charge on any atom is -0.508 e. The number of rotatable bonds is 3. The Kier molecular flexibility index (Phi) is 3.54. The Morgan fingerprint density at radius 1 is 0.913 bits per heavy atom. The average Bonchev–Trinajstić information content (AvgIpc) is 2.50. The quantitative estimate of drug-likeness (QED) is 0.684. The highest BCUT2D eigenvalue weighted by Gasteiger charge is 2.35. The molecule has 1 aliphatic rings. The molecule has 0 atom stereocenters. The van der Waals surface area contributed by atoms with Crippen LogP contribution in [-0.2, 0) is 11.3 Å². The van der Waals surface area contributed by atoms with E-state index in [4.69, 9.17) is 4.74 Å². The van der Waals surface area contributed by atoms with E-state index in [2.05, 4.69) is 0 Å². The van der Waals surface area contributed by atoms with Crippen molar-refractivity contribution in [3.05, 3.63) is 52.1 Å². The Balaban J connectivity index is 2.27. The molecule has 6 heteroatoms. The summed E-state index contributed by atoms with van der Waals surface area (Å²) < 4.78 is 5.26. The van der Waals surface area contributed by atoms with Gasteiger partial charge in [0.05, 0.1) is 12.2 Å². The first-order chi connectivity index (χ1) is 11.0. The average molecular weight is 314 g/mol. The van der Waals surface area contributed by atoms with Gasteiger partial charge in [-0.3, -0.25) is 9.59 Å². The number of benzene rings is 2. The number of hydrogen-bond acceptors (Lipinski definition) is 6. The number of hydrogen-bond donors (Lipinski definition) is 3. The highest BCUT2D eigenvalue weighted by molar-refractivity contribution is 6.30. The molecular formula is C17H14O6. The largest absolute Gasteiger partial charge is 0.508 e. The third-order valence-corrected chi connectivity index (χ3v) is 3.78. The fraction of sp³-hybridized carbons (Fsp3) is 0.176. The van der Waals surface area contributed by atoms with Gasteiger partial charge < -0.3 is 20.1 Å². The Morgan fingerprint density at radius 3 is 2.30 bits per heavy atom. The lowest BCUT2D eigenvalue weighted by atomic mass is 9.81. The number of phenols is 3. The van der Waals surface area contributed by atoms with Crippen LogP contribution in [0.5, 0.6) is 17.2 Å². The normalized spacial score (nSPS) is 12.9. The zero-order valence-corrected chi connectivity index (χ0v) is 12.3. The fourth-order valence-electron chi connectivity index (χ4n) is 2.73. The number of carbonyl (C=O) groups excluding carboxylic acids is 2. The van der Waals surface area contributed by atoms with E-state index < -0.39 is 17.3 Å². The van der Waals surface area contributed by atoms with Crippen LogP contribution in [0.2, 0.25) is 0 Å². The topological polar surface area (TPSA) is 104 Å². The Hall–Kier alpha value is -2.86. The molecule has 0 aromatic heterocycles. The van der Waals surface area contributed by atoms with E-state index in [1.54, 1.807) is 6.92 Å². The first kappa shape index (κ1) is 15.1. The van der Waals surface area contributed by atoms with Crippen LogP contribution in [0.4, 0.5) is 0 Å². The number of phenolic OH excluding ortho intramolecular Hbond substituents is 3. The van der Waals surface area contributed by atoms with Crippen LogP contribution in [-0.4, -0.2) is 33.5 Å². The van der Waals surface area contributed by atoms with Gasteiger partial charge in [0.2, 0.25) is 0 Å². The van der Waals surface area contributed by atoms with Gasteiger partial charge in [-0.05, 0) is 25.1 Å². The van der Waals surface area contributed by atoms with Crippen LogP contribution in [0.15, 0.2) is 24.3 Å². The monoisotopic (exact) mass is 314 g/mol. The minimum absolute atomic E-state index is 0.0232. The third-order valence-electron chi connectivity index (χ3n) is 3.78. The first-order valence-corrected chi connectivity index (χ1v) is 7.03. The van der Waals surface area contributed by atoms with Crippen molar-refractivity contribution in [3.63, 3.8) is 0 Å². The second-order valence-electron chi connectivity index (χ2n) is 5.17. The lowest BCUT2D eigenvalue weighted by Crippen LogP contribution is -2.23. The molecule has 2 aromatic carbocycles. The molecule has 0 saturated heterocycles. The van der Waals surface area contributed by atoms with Crippen molar-refractivity contribution in [2.75, 3.05) is 6.61 Å². The smallest absolute Gasteiger partial charge is 0.198 e. The summed E-state index contributed by atoms with van der Waals surface area (Å²) in [6.45, 7) is 2.12. The van der Waals surface area contributed by atoms with Gasteiger partial charge in [0.15, 0.2) is 11.6 Å². The van der Waals surface area contributed by atoms with E-state index in [9.17, 15) is 24.9 Å². The van der Waals surface area contributed by atoms with Crippen LogP contribution in [0.1, 0.15) is 44.3 Å². The zero-order valence-electron chi connectivity index (χ0n) is 12.3. The number of fused-ring (bicyclic) bond motifs is 2.